The molecule has 1 radical (unpaired) electrons. The molecule has 1 aliphatic rings. The standard InChI is InChI=1S/C5H2Cl4N/c6-2-1-3(7)10-5(9)4(2)8/h1,10H. The quantitative estimate of drug-likeness (QED) is 0.616. The zero-order valence-corrected chi connectivity index (χ0v) is 7.61. The van der Waals surface area contributed by atoms with Gasteiger partial charge in [0.05, 0.1) is 10.1 Å². The first kappa shape index (κ1) is 8.54. The van der Waals surface area contributed by atoms with E-state index in [9.17, 15) is 0 Å². The van der Waals surface area contributed by atoms with E-state index in [1.807, 2.05) is 0 Å². The molecule has 0 aromatic rings. The number of hydrogen-bond donors (Lipinski definition) is 1. The molecule has 0 fully saturated rings. The van der Waals surface area contributed by atoms with E-state index in [4.69, 9.17) is 46.4 Å². The Morgan fingerprint density at radius 3 is 2.20 bits per heavy atom. The topological polar surface area (TPSA) is 12.0 Å². The Hall–Kier alpha value is 0.440. The van der Waals surface area contributed by atoms with Crippen molar-refractivity contribution < 1.29 is 0 Å². The molecule has 1 nitrogen and oxygen atoms in total. The number of dihydropyridines is 1. The first-order valence-electron chi connectivity index (χ1n) is 2.33. The molecule has 0 aromatic carbocycles. The van der Waals surface area contributed by atoms with Crippen molar-refractivity contribution in [2.75, 3.05) is 0 Å². The summed E-state index contributed by atoms with van der Waals surface area (Å²) in [7, 11) is 0. The highest BCUT2D eigenvalue weighted by atomic mass is 35.5. The van der Waals surface area contributed by atoms with Crippen molar-refractivity contribution >= 4 is 46.4 Å². The lowest BCUT2D eigenvalue weighted by Crippen LogP contribution is -2.16. The van der Waals surface area contributed by atoms with Crippen LogP contribution < -0.4 is 5.32 Å². The zero-order valence-electron chi connectivity index (χ0n) is 4.59. The fraction of sp³-hybridized carbons (Fsp3) is 0. The minimum Gasteiger partial charge on any atom is -0.350 e. The van der Waals surface area contributed by atoms with E-state index in [0.717, 1.165) is 0 Å². The van der Waals surface area contributed by atoms with Crippen molar-refractivity contribution in [1.82, 2.24) is 5.32 Å². The van der Waals surface area contributed by atoms with Crippen LogP contribution in [0, 0.1) is 5.50 Å². The number of nitrogens with one attached hydrogen (secondary N) is 1. The SMILES string of the molecule is Cl[C]1NC(Cl)=CC(Cl)=C1Cl. The molecule has 0 atom stereocenters. The lowest BCUT2D eigenvalue weighted by Gasteiger charge is -2.15. The highest BCUT2D eigenvalue weighted by Gasteiger charge is 2.18. The van der Waals surface area contributed by atoms with Gasteiger partial charge in [0.2, 0.25) is 0 Å². The summed E-state index contributed by atoms with van der Waals surface area (Å²) in [5.41, 5.74) is 0.249. The van der Waals surface area contributed by atoms with Gasteiger partial charge in [0, 0.05) is 0 Å². The van der Waals surface area contributed by atoms with Crippen LogP contribution in [-0.4, -0.2) is 0 Å². The van der Waals surface area contributed by atoms with Crippen LogP contribution in [0.5, 0.6) is 0 Å². The normalized spacial score (nSPS) is 20.6. The van der Waals surface area contributed by atoms with Crippen LogP contribution in [-0.2, 0) is 0 Å². The Morgan fingerprint density at radius 2 is 1.70 bits per heavy atom. The van der Waals surface area contributed by atoms with E-state index < -0.39 is 0 Å². The maximum absolute atomic E-state index is 5.60. The molecule has 0 amide bonds. The minimum absolute atomic E-state index is 0.249. The summed E-state index contributed by atoms with van der Waals surface area (Å²) >= 11 is 22.3. The second-order valence-electron chi connectivity index (χ2n) is 1.59. The van der Waals surface area contributed by atoms with E-state index in [2.05, 4.69) is 5.32 Å². The van der Waals surface area contributed by atoms with E-state index >= 15 is 0 Å². The van der Waals surface area contributed by atoms with Gasteiger partial charge in [-0.05, 0) is 6.08 Å². The number of halogens is 4. The molecule has 1 aliphatic heterocycles. The molecule has 5 heteroatoms. The van der Waals surface area contributed by atoms with Gasteiger partial charge in [-0.3, -0.25) is 0 Å². The maximum Gasteiger partial charge on any atom is 0.193 e. The van der Waals surface area contributed by atoms with Crippen LogP contribution in [0.4, 0.5) is 0 Å². The molecule has 0 aliphatic carbocycles. The highest BCUT2D eigenvalue weighted by molar-refractivity contribution is 6.48. The number of rotatable bonds is 0. The average Bonchev–Trinajstić information content (AvgIpc) is 1.82. The average molecular weight is 218 g/mol. The molecule has 10 heavy (non-hydrogen) atoms. The van der Waals surface area contributed by atoms with Crippen LogP contribution >= 0.6 is 46.4 Å². The molecule has 0 bridgehead atoms. The van der Waals surface area contributed by atoms with Gasteiger partial charge in [0.1, 0.15) is 5.16 Å². The fourth-order valence-electron chi connectivity index (χ4n) is 0.475. The van der Waals surface area contributed by atoms with E-state index in [1.54, 1.807) is 0 Å². The predicted molar refractivity (Wildman–Crippen MR) is 44.9 cm³/mol. The number of allylic oxidation sites excluding steroid dienone is 2. The molecule has 0 saturated heterocycles. The molecule has 1 heterocycles. The first-order valence-corrected chi connectivity index (χ1v) is 3.85. The smallest absolute Gasteiger partial charge is 0.193 e. The summed E-state index contributed by atoms with van der Waals surface area (Å²) in [6, 6.07) is 0. The van der Waals surface area contributed by atoms with Gasteiger partial charge in [-0.25, -0.2) is 0 Å². The lowest BCUT2D eigenvalue weighted by atomic mass is 10.4. The van der Waals surface area contributed by atoms with Gasteiger partial charge in [-0.15, -0.1) is 0 Å². The van der Waals surface area contributed by atoms with Gasteiger partial charge in [0.15, 0.2) is 5.50 Å². The summed E-state index contributed by atoms with van der Waals surface area (Å²) in [5.74, 6) is 0. The van der Waals surface area contributed by atoms with Gasteiger partial charge >= 0.3 is 0 Å². The van der Waals surface area contributed by atoms with Crippen molar-refractivity contribution in [2.24, 2.45) is 0 Å². The third-order valence-electron chi connectivity index (χ3n) is 0.885. The van der Waals surface area contributed by atoms with Crippen molar-refractivity contribution in [3.05, 3.63) is 26.8 Å². The third kappa shape index (κ3) is 1.73. The van der Waals surface area contributed by atoms with Crippen molar-refractivity contribution in [1.29, 1.82) is 0 Å². The second-order valence-corrected chi connectivity index (χ2v) is 3.16. The van der Waals surface area contributed by atoms with Gasteiger partial charge < -0.3 is 5.32 Å². The molecular weight excluding hydrogens is 216 g/mol. The Morgan fingerprint density at radius 1 is 1.10 bits per heavy atom. The monoisotopic (exact) mass is 216 g/mol. The first-order chi connectivity index (χ1) is 4.61. The van der Waals surface area contributed by atoms with Crippen LogP contribution in [0.3, 0.4) is 0 Å². The van der Waals surface area contributed by atoms with Crippen molar-refractivity contribution in [3.8, 4) is 0 Å². The van der Waals surface area contributed by atoms with Gasteiger partial charge in [-0.1, -0.05) is 46.4 Å². The largest absolute Gasteiger partial charge is 0.350 e. The summed E-state index contributed by atoms with van der Waals surface area (Å²) < 4.78 is 0. The van der Waals surface area contributed by atoms with Crippen LogP contribution in [0.25, 0.3) is 0 Å². The van der Waals surface area contributed by atoms with Gasteiger partial charge in [0.25, 0.3) is 0 Å². The minimum atomic E-state index is 0.249. The molecular formula is C5H2Cl4N. The molecule has 0 unspecified atom stereocenters. The molecule has 1 rings (SSSR count). The number of hydrogen-bond acceptors (Lipinski definition) is 1. The molecule has 55 valence electrons. The predicted octanol–water partition coefficient (Wildman–Crippen LogP) is 3.09. The summed E-state index contributed by atoms with van der Waals surface area (Å²) in [6.45, 7) is 0. The lowest BCUT2D eigenvalue weighted by molar-refractivity contribution is 1.01. The second kappa shape index (κ2) is 3.22. The summed E-state index contributed by atoms with van der Waals surface area (Å²) in [6.07, 6.45) is 1.48. The third-order valence-corrected chi connectivity index (χ3v) is 2.26. The molecule has 0 aromatic heterocycles. The zero-order chi connectivity index (χ0) is 7.72. The fourth-order valence-corrected chi connectivity index (χ4v) is 1.34. The molecule has 1 N–H and O–H groups in total. The summed E-state index contributed by atoms with van der Waals surface area (Å²) in [4.78, 5) is 0. The van der Waals surface area contributed by atoms with Crippen LogP contribution in [0.1, 0.15) is 0 Å². The Balaban J connectivity index is 2.92. The van der Waals surface area contributed by atoms with Crippen molar-refractivity contribution in [3.63, 3.8) is 0 Å². The van der Waals surface area contributed by atoms with Gasteiger partial charge in [-0.2, -0.15) is 0 Å². The van der Waals surface area contributed by atoms with Crippen molar-refractivity contribution in [2.45, 2.75) is 0 Å². The molecule has 0 saturated carbocycles. The summed E-state index contributed by atoms with van der Waals surface area (Å²) in [5, 5.41) is 3.58. The van der Waals surface area contributed by atoms with Crippen LogP contribution in [0.15, 0.2) is 21.3 Å². The Kier molecular flexibility index (Phi) is 2.75. The van der Waals surface area contributed by atoms with E-state index in [-0.39, 0.29) is 10.5 Å². The van der Waals surface area contributed by atoms with E-state index in [1.165, 1.54) is 6.08 Å². The Labute approximate surface area is 78.6 Å². The van der Waals surface area contributed by atoms with E-state index in [0.29, 0.717) is 10.2 Å². The van der Waals surface area contributed by atoms with Crippen LogP contribution in [0.2, 0.25) is 0 Å². The maximum atomic E-state index is 5.60. The Bertz CT molecular complexity index is 208. The molecule has 0 spiro atoms. The highest BCUT2D eigenvalue weighted by Crippen LogP contribution is 2.31.